The van der Waals surface area contributed by atoms with Gasteiger partial charge in [0.2, 0.25) is 0 Å². The van der Waals surface area contributed by atoms with E-state index in [1.54, 1.807) is 24.3 Å². The van der Waals surface area contributed by atoms with Crippen molar-refractivity contribution in [3.63, 3.8) is 0 Å². The quantitative estimate of drug-likeness (QED) is 0.514. The number of rotatable bonds is 7. The van der Waals surface area contributed by atoms with Crippen LogP contribution < -0.4 is 10.1 Å². The molecule has 134 valence electrons. The Morgan fingerprint density at radius 2 is 1.88 bits per heavy atom. The minimum Gasteiger partial charge on any atom is -0.494 e. The summed E-state index contributed by atoms with van der Waals surface area (Å²) in [6.45, 7) is 2.87. The Kier molecular flexibility index (Phi) is 6.26. The Labute approximate surface area is 161 Å². The summed E-state index contributed by atoms with van der Waals surface area (Å²) in [4.78, 5) is 16.7. The summed E-state index contributed by atoms with van der Waals surface area (Å²) in [7, 11) is 0. The minimum atomic E-state index is -0.206. The van der Waals surface area contributed by atoms with Gasteiger partial charge in [-0.15, -0.1) is 11.3 Å². The van der Waals surface area contributed by atoms with Crippen molar-refractivity contribution in [2.45, 2.75) is 19.8 Å². The maximum absolute atomic E-state index is 12.2. The van der Waals surface area contributed by atoms with Crippen molar-refractivity contribution in [2.24, 2.45) is 0 Å². The number of halogens is 1. The summed E-state index contributed by atoms with van der Waals surface area (Å²) in [6.07, 6.45) is 2.16. The first kappa shape index (κ1) is 18.4. The Morgan fingerprint density at radius 1 is 1.15 bits per heavy atom. The van der Waals surface area contributed by atoms with E-state index in [1.165, 1.54) is 11.3 Å². The molecule has 0 atom stereocenters. The van der Waals surface area contributed by atoms with Crippen molar-refractivity contribution in [2.75, 3.05) is 11.9 Å². The second-order valence-corrected chi connectivity index (χ2v) is 7.02. The Bertz CT molecular complexity index is 860. The minimum absolute atomic E-state index is 0.206. The van der Waals surface area contributed by atoms with E-state index < -0.39 is 0 Å². The van der Waals surface area contributed by atoms with Crippen LogP contribution in [-0.2, 0) is 0 Å². The molecule has 26 heavy (non-hydrogen) atoms. The van der Waals surface area contributed by atoms with Crippen LogP contribution >= 0.6 is 22.9 Å². The lowest BCUT2D eigenvalue weighted by atomic mass is 10.2. The van der Waals surface area contributed by atoms with Crippen LogP contribution in [-0.4, -0.2) is 17.5 Å². The van der Waals surface area contributed by atoms with Crippen LogP contribution in [0.1, 0.15) is 30.1 Å². The number of carbonyl (C=O) groups is 1. The molecule has 0 fully saturated rings. The fraction of sp³-hybridized carbons (Fsp3) is 0.200. The van der Waals surface area contributed by atoms with E-state index >= 15 is 0 Å². The Morgan fingerprint density at radius 3 is 2.58 bits per heavy atom. The second-order valence-electron chi connectivity index (χ2n) is 5.73. The molecule has 0 spiro atoms. The fourth-order valence-corrected chi connectivity index (χ4v) is 3.13. The smallest absolute Gasteiger partial charge is 0.257 e. The number of aromatic nitrogens is 1. The zero-order valence-corrected chi connectivity index (χ0v) is 15.9. The number of benzene rings is 2. The molecule has 0 aliphatic rings. The van der Waals surface area contributed by atoms with Gasteiger partial charge in [0, 0.05) is 21.5 Å². The van der Waals surface area contributed by atoms with Crippen molar-refractivity contribution in [3.05, 3.63) is 64.5 Å². The molecule has 0 aliphatic carbocycles. The van der Waals surface area contributed by atoms with E-state index in [1.807, 2.05) is 29.6 Å². The number of anilines is 1. The largest absolute Gasteiger partial charge is 0.494 e. The normalized spacial score (nSPS) is 10.5. The number of thiazole rings is 1. The first-order valence-corrected chi connectivity index (χ1v) is 9.67. The van der Waals surface area contributed by atoms with Gasteiger partial charge in [-0.1, -0.05) is 24.9 Å². The highest BCUT2D eigenvalue weighted by Gasteiger charge is 2.10. The van der Waals surface area contributed by atoms with Crippen LogP contribution in [0.4, 0.5) is 5.13 Å². The fourth-order valence-electron chi connectivity index (χ4n) is 2.29. The number of hydrogen-bond acceptors (Lipinski definition) is 4. The second kappa shape index (κ2) is 8.83. The van der Waals surface area contributed by atoms with Gasteiger partial charge in [-0.25, -0.2) is 4.98 Å². The molecule has 0 unspecified atom stereocenters. The lowest BCUT2D eigenvalue weighted by molar-refractivity contribution is 0.102. The van der Waals surface area contributed by atoms with Crippen molar-refractivity contribution >= 4 is 34.0 Å². The third-order valence-corrected chi connectivity index (χ3v) is 4.76. The molecule has 1 N–H and O–H groups in total. The topological polar surface area (TPSA) is 51.2 Å². The number of nitrogens with one attached hydrogen (secondary N) is 1. The van der Waals surface area contributed by atoms with Crippen LogP contribution in [0.15, 0.2) is 53.9 Å². The molecule has 4 nitrogen and oxygen atoms in total. The van der Waals surface area contributed by atoms with E-state index in [2.05, 4.69) is 17.2 Å². The van der Waals surface area contributed by atoms with E-state index in [0.29, 0.717) is 15.7 Å². The van der Waals surface area contributed by atoms with Crippen molar-refractivity contribution in [1.29, 1.82) is 0 Å². The number of amides is 1. The van der Waals surface area contributed by atoms with Gasteiger partial charge in [0.15, 0.2) is 5.13 Å². The van der Waals surface area contributed by atoms with Gasteiger partial charge in [-0.2, -0.15) is 0 Å². The lowest BCUT2D eigenvalue weighted by Gasteiger charge is -2.05. The zero-order valence-electron chi connectivity index (χ0n) is 14.4. The highest BCUT2D eigenvalue weighted by molar-refractivity contribution is 7.14. The Balaban J connectivity index is 1.63. The molecule has 0 aliphatic heterocycles. The number of nitrogens with zero attached hydrogens (tertiary/aromatic N) is 1. The highest BCUT2D eigenvalue weighted by Crippen LogP contribution is 2.27. The average molecular weight is 387 g/mol. The van der Waals surface area contributed by atoms with Crippen LogP contribution in [0.2, 0.25) is 5.02 Å². The lowest BCUT2D eigenvalue weighted by Crippen LogP contribution is -2.11. The maximum atomic E-state index is 12.2. The summed E-state index contributed by atoms with van der Waals surface area (Å²) < 4.78 is 5.67. The van der Waals surface area contributed by atoms with Crippen LogP contribution in [0, 0.1) is 0 Å². The third kappa shape index (κ3) is 4.84. The molecule has 0 radical (unpaired) electrons. The van der Waals surface area contributed by atoms with Crippen LogP contribution in [0.3, 0.4) is 0 Å². The van der Waals surface area contributed by atoms with Gasteiger partial charge in [0.25, 0.3) is 5.91 Å². The predicted octanol–water partition coefficient (Wildman–Crippen LogP) is 5.89. The molecule has 3 rings (SSSR count). The number of ether oxygens (including phenoxy) is 1. The molecular weight excluding hydrogens is 368 g/mol. The van der Waals surface area contributed by atoms with E-state index in [4.69, 9.17) is 16.3 Å². The predicted molar refractivity (Wildman–Crippen MR) is 107 cm³/mol. The molecule has 1 heterocycles. The van der Waals surface area contributed by atoms with Gasteiger partial charge in [-0.3, -0.25) is 10.1 Å². The standard InChI is InChI=1S/C20H19ClN2O2S/c1-2-3-12-25-17-10-6-14(7-11-17)18-13-26-20(22-18)23-19(24)15-4-8-16(21)9-5-15/h4-11,13H,2-3,12H2,1H3,(H,22,23,24). The molecule has 0 bridgehead atoms. The number of hydrogen-bond donors (Lipinski definition) is 1. The monoisotopic (exact) mass is 386 g/mol. The number of unbranched alkanes of at least 4 members (excludes halogenated alkanes) is 1. The molecular formula is C20H19ClN2O2S. The van der Waals surface area contributed by atoms with Crippen LogP contribution in [0.25, 0.3) is 11.3 Å². The first-order valence-electron chi connectivity index (χ1n) is 8.41. The summed E-state index contributed by atoms with van der Waals surface area (Å²) >= 11 is 7.23. The molecule has 1 aromatic heterocycles. The summed E-state index contributed by atoms with van der Waals surface area (Å²) in [5.41, 5.74) is 2.34. The summed E-state index contributed by atoms with van der Waals surface area (Å²) in [5, 5.41) is 5.89. The summed E-state index contributed by atoms with van der Waals surface area (Å²) in [5.74, 6) is 0.649. The molecule has 0 saturated heterocycles. The van der Waals surface area contributed by atoms with Gasteiger partial charge < -0.3 is 4.74 Å². The van der Waals surface area contributed by atoms with Gasteiger partial charge in [0.05, 0.1) is 12.3 Å². The van der Waals surface area contributed by atoms with Gasteiger partial charge in [0.1, 0.15) is 5.75 Å². The van der Waals surface area contributed by atoms with E-state index in [9.17, 15) is 4.79 Å². The number of carbonyl (C=O) groups excluding carboxylic acids is 1. The van der Waals surface area contributed by atoms with Crippen LogP contribution in [0.5, 0.6) is 5.75 Å². The zero-order chi connectivity index (χ0) is 18.4. The third-order valence-electron chi connectivity index (χ3n) is 3.75. The average Bonchev–Trinajstić information content (AvgIpc) is 3.11. The molecule has 1 amide bonds. The summed E-state index contributed by atoms with van der Waals surface area (Å²) in [6, 6.07) is 14.6. The molecule has 3 aromatic rings. The van der Waals surface area contributed by atoms with Crippen molar-refractivity contribution in [3.8, 4) is 17.0 Å². The van der Waals surface area contributed by atoms with Crippen molar-refractivity contribution < 1.29 is 9.53 Å². The van der Waals surface area contributed by atoms with Gasteiger partial charge in [-0.05, 0) is 55.0 Å². The highest BCUT2D eigenvalue weighted by atomic mass is 35.5. The van der Waals surface area contributed by atoms with Gasteiger partial charge >= 0.3 is 0 Å². The van der Waals surface area contributed by atoms with E-state index in [0.717, 1.165) is 36.5 Å². The molecule has 0 saturated carbocycles. The first-order chi connectivity index (χ1) is 12.7. The molecule has 6 heteroatoms. The maximum Gasteiger partial charge on any atom is 0.257 e. The Hall–Kier alpha value is -2.37. The van der Waals surface area contributed by atoms with Crippen molar-refractivity contribution in [1.82, 2.24) is 4.98 Å². The van der Waals surface area contributed by atoms with E-state index in [-0.39, 0.29) is 5.91 Å². The SMILES string of the molecule is CCCCOc1ccc(-c2csc(NC(=O)c3ccc(Cl)cc3)n2)cc1. The molecule has 2 aromatic carbocycles.